The Morgan fingerprint density at radius 1 is 1.13 bits per heavy atom. The first-order chi connectivity index (χ1) is 10.9. The molecule has 2 aromatic rings. The third-order valence-corrected chi connectivity index (χ3v) is 3.49. The molecule has 0 atom stereocenters. The van der Waals surface area contributed by atoms with Crippen LogP contribution in [0.25, 0.3) is 0 Å². The van der Waals surface area contributed by atoms with Crippen LogP contribution in [-0.2, 0) is 17.9 Å². The maximum atomic E-state index is 13.0. The van der Waals surface area contributed by atoms with Crippen LogP contribution in [0.2, 0.25) is 5.02 Å². The molecule has 0 aliphatic carbocycles. The minimum Gasteiger partial charge on any atom is -0.512 e. The smallest absolute Gasteiger partial charge is 0.230 e. The fourth-order valence-corrected chi connectivity index (χ4v) is 2.40. The van der Waals surface area contributed by atoms with Gasteiger partial charge in [0, 0.05) is 18.1 Å². The van der Waals surface area contributed by atoms with E-state index in [0.29, 0.717) is 18.1 Å². The van der Waals surface area contributed by atoms with Crippen LogP contribution in [0.1, 0.15) is 17.5 Å². The summed E-state index contributed by atoms with van der Waals surface area (Å²) < 4.78 is 13.0. The normalized spacial score (nSPS) is 10.3. The van der Waals surface area contributed by atoms with Gasteiger partial charge in [-0.3, -0.25) is 4.79 Å². The first-order valence-corrected chi connectivity index (χ1v) is 7.45. The zero-order valence-corrected chi connectivity index (χ0v) is 13.3. The Morgan fingerprint density at radius 3 is 2.39 bits per heavy atom. The molecule has 2 aromatic carbocycles. The largest absolute Gasteiger partial charge is 0.512 e. The molecular weight excluding hydrogens is 317 g/mol. The second kappa shape index (κ2) is 7.79. The van der Waals surface area contributed by atoms with E-state index in [-0.39, 0.29) is 23.9 Å². The van der Waals surface area contributed by atoms with E-state index in [9.17, 15) is 14.3 Å². The standard InChI is InChI=1S/C18H17ClFNO2/c1-13(22)9-18(23)21(11-14-5-7-17(20)8-6-14)12-15-3-2-4-16(19)10-15/h2-8,10,22H,1,9,11-12H2. The van der Waals surface area contributed by atoms with Crippen molar-refractivity contribution in [1.82, 2.24) is 4.90 Å². The van der Waals surface area contributed by atoms with Crippen molar-refractivity contribution in [3.63, 3.8) is 0 Å². The number of benzene rings is 2. The van der Waals surface area contributed by atoms with Gasteiger partial charge >= 0.3 is 0 Å². The van der Waals surface area contributed by atoms with Crippen molar-refractivity contribution in [2.45, 2.75) is 19.5 Å². The second-order valence-electron chi connectivity index (χ2n) is 5.25. The molecule has 2 rings (SSSR count). The molecule has 5 heteroatoms. The van der Waals surface area contributed by atoms with Gasteiger partial charge in [-0.15, -0.1) is 0 Å². The average Bonchev–Trinajstić information content (AvgIpc) is 2.48. The van der Waals surface area contributed by atoms with Gasteiger partial charge in [0.05, 0.1) is 12.2 Å². The fourth-order valence-electron chi connectivity index (χ4n) is 2.18. The Hall–Kier alpha value is -2.33. The summed E-state index contributed by atoms with van der Waals surface area (Å²) in [5, 5.41) is 9.86. The summed E-state index contributed by atoms with van der Waals surface area (Å²) in [6, 6.07) is 13.2. The van der Waals surface area contributed by atoms with Crippen molar-refractivity contribution in [2.75, 3.05) is 0 Å². The zero-order valence-electron chi connectivity index (χ0n) is 12.5. The predicted molar refractivity (Wildman–Crippen MR) is 88.5 cm³/mol. The molecule has 0 heterocycles. The Kier molecular flexibility index (Phi) is 5.77. The van der Waals surface area contributed by atoms with Crippen molar-refractivity contribution in [1.29, 1.82) is 0 Å². The molecule has 1 amide bonds. The molecule has 0 unspecified atom stereocenters. The Balaban J connectivity index is 2.18. The van der Waals surface area contributed by atoms with Crippen LogP contribution in [0.15, 0.2) is 60.9 Å². The first kappa shape index (κ1) is 17.0. The van der Waals surface area contributed by atoms with Gasteiger partial charge in [0.15, 0.2) is 0 Å². The molecule has 1 N–H and O–H groups in total. The van der Waals surface area contributed by atoms with Crippen molar-refractivity contribution in [3.05, 3.63) is 82.8 Å². The predicted octanol–water partition coefficient (Wildman–Crippen LogP) is 4.47. The lowest BCUT2D eigenvalue weighted by molar-refractivity contribution is -0.132. The molecule has 0 aliphatic heterocycles. The van der Waals surface area contributed by atoms with Gasteiger partial charge in [0.1, 0.15) is 5.82 Å². The van der Waals surface area contributed by atoms with Gasteiger partial charge in [-0.25, -0.2) is 4.39 Å². The number of hydrogen-bond donors (Lipinski definition) is 1. The summed E-state index contributed by atoms with van der Waals surface area (Å²) in [6.45, 7) is 4.00. The maximum absolute atomic E-state index is 13.0. The van der Waals surface area contributed by atoms with Gasteiger partial charge in [-0.05, 0) is 35.4 Å². The third kappa shape index (κ3) is 5.42. The molecule has 0 aromatic heterocycles. The average molecular weight is 334 g/mol. The lowest BCUT2D eigenvalue weighted by atomic mass is 10.1. The highest BCUT2D eigenvalue weighted by Crippen LogP contribution is 2.16. The van der Waals surface area contributed by atoms with E-state index in [1.807, 2.05) is 12.1 Å². The summed E-state index contributed by atoms with van der Waals surface area (Å²) in [4.78, 5) is 13.9. The molecular formula is C18H17ClFNO2. The van der Waals surface area contributed by atoms with Gasteiger partial charge in [-0.2, -0.15) is 0 Å². The van der Waals surface area contributed by atoms with Crippen molar-refractivity contribution in [3.8, 4) is 0 Å². The Bertz CT molecular complexity index is 700. The minimum absolute atomic E-state index is 0.151. The molecule has 23 heavy (non-hydrogen) atoms. The quantitative estimate of drug-likeness (QED) is 0.792. The van der Waals surface area contributed by atoms with Gasteiger partial charge in [0.2, 0.25) is 5.91 Å². The number of halogens is 2. The van der Waals surface area contributed by atoms with Gasteiger partial charge in [0.25, 0.3) is 0 Å². The highest BCUT2D eigenvalue weighted by atomic mass is 35.5. The highest BCUT2D eigenvalue weighted by molar-refractivity contribution is 6.30. The Labute approximate surface area is 139 Å². The van der Waals surface area contributed by atoms with Gasteiger partial charge in [-0.1, -0.05) is 42.4 Å². The number of nitrogens with zero attached hydrogens (tertiary/aromatic N) is 1. The van der Waals surface area contributed by atoms with Crippen LogP contribution in [0.3, 0.4) is 0 Å². The van der Waals surface area contributed by atoms with E-state index < -0.39 is 0 Å². The van der Waals surface area contributed by atoms with Crippen LogP contribution < -0.4 is 0 Å². The number of aliphatic hydroxyl groups is 1. The maximum Gasteiger partial charge on any atom is 0.230 e. The topological polar surface area (TPSA) is 40.5 Å². The van der Waals surface area contributed by atoms with E-state index >= 15 is 0 Å². The lowest BCUT2D eigenvalue weighted by Crippen LogP contribution is -2.30. The molecule has 0 saturated heterocycles. The molecule has 0 radical (unpaired) electrons. The second-order valence-corrected chi connectivity index (χ2v) is 5.69. The first-order valence-electron chi connectivity index (χ1n) is 7.07. The molecule has 120 valence electrons. The van der Waals surface area contributed by atoms with Crippen LogP contribution in [0, 0.1) is 5.82 Å². The monoisotopic (exact) mass is 333 g/mol. The van der Waals surface area contributed by atoms with Crippen LogP contribution in [-0.4, -0.2) is 15.9 Å². The molecule has 3 nitrogen and oxygen atoms in total. The third-order valence-electron chi connectivity index (χ3n) is 3.26. The van der Waals surface area contributed by atoms with Gasteiger partial charge < -0.3 is 10.0 Å². The van der Waals surface area contributed by atoms with Crippen molar-refractivity contribution in [2.24, 2.45) is 0 Å². The molecule has 0 aliphatic rings. The summed E-state index contributed by atoms with van der Waals surface area (Å²) in [5.41, 5.74) is 1.67. The number of rotatable bonds is 6. The zero-order chi connectivity index (χ0) is 16.8. The number of hydrogen-bond acceptors (Lipinski definition) is 2. The summed E-state index contributed by atoms with van der Waals surface area (Å²) in [7, 11) is 0. The lowest BCUT2D eigenvalue weighted by Gasteiger charge is -2.23. The number of carbonyl (C=O) groups is 1. The van der Waals surface area contributed by atoms with E-state index in [1.54, 1.807) is 29.2 Å². The summed E-state index contributed by atoms with van der Waals surface area (Å²) >= 11 is 5.97. The van der Waals surface area contributed by atoms with Crippen molar-refractivity contribution >= 4 is 17.5 Å². The van der Waals surface area contributed by atoms with E-state index in [1.165, 1.54) is 12.1 Å². The molecule has 0 spiro atoms. The summed E-state index contributed by atoms with van der Waals surface area (Å²) in [5.74, 6) is -0.780. The highest BCUT2D eigenvalue weighted by Gasteiger charge is 2.16. The molecule has 0 fully saturated rings. The summed E-state index contributed by atoms with van der Waals surface area (Å²) in [6.07, 6.45) is -0.151. The number of aliphatic hydroxyl groups excluding tert-OH is 1. The van der Waals surface area contributed by atoms with Crippen LogP contribution in [0.5, 0.6) is 0 Å². The molecule has 0 saturated carbocycles. The van der Waals surface area contributed by atoms with E-state index in [0.717, 1.165) is 11.1 Å². The number of carbonyl (C=O) groups excluding carboxylic acids is 1. The Morgan fingerprint density at radius 2 is 1.78 bits per heavy atom. The fraction of sp³-hybridized carbons (Fsp3) is 0.167. The SMILES string of the molecule is C=C(O)CC(=O)N(Cc1ccc(F)cc1)Cc1cccc(Cl)c1. The number of amides is 1. The van der Waals surface area contributed by atoms with Crippen LogP contribution >= 0.6 is 11.6 Å². The van der Waals surface area contributed by atoms with E-state index in [2.05, 4.69) is 6.58 Å². The van der Waals surface area contributed by atoms with E-state index in [4.69, 9.17) is 11.6 Å². The molecule has 0 bridgehead atoms. The van der Waals surface area contributed by atoms with Crippen molar-refractivity contribution < 1.29 is 14.3 Å². The minimum atomic E-state index is -0.329. The van der Waals surface area contributed by atoms with Crippen LogP contribution in [0.4, 0.5) is 4.39 Å².